The molecule has 0 aliphatic heterocycles. The Balaban J connectivity index is 1.91. The van der Waals surface area contributed by atoms with Gasteiger partial charge in [0, 0.05) is 5.69 Å². The van der Waals surface area contributed by atoms with Gasteiger partial charge in [0.25, 0.3) is 5.91 Å². The van der Waals surface area contributed by atoms with E-state index in [1.54, 1.807) is 18.3 Å². The molecule has 2 aromatic rings. The van der Waals surface area contributed by atoms with E-state index < -0.39 is 6.04 Å². The lowest BCUT2D eigenvalue weighted by molar-refractivity contribution is -0.121. The molecule has 2 N–H and O–H groups in total. The van der Waals surface area contributed by atoms with Gasteiger partial charge in [0.05, 0.1) is 6.21 Å². The lowest BCUT2D eigenvalue weighted by Crippen LogP contribution is -2.36. The SMILES string of the molecule is CC[C@@H](Nc1ccc(F)cc1)C(=O)N/N=C/c1ccc(C(C)C)cc1. The first-order chi connectivity index (χ1) is 12.0. The van der Waals surface area contributed by atoms with Crippen LogP contribution in [0.25, 0.3) is 0 Å². The van der Waals surface area contributed by atoms with Crippen molar-refractivity contribution < 1.29 is 9.18 Å². The average Bonchev–Trinajstić information content (AvgIpc) is 2.61. The van der Waals surface area contributed by atoms with E-state index in [1.807, 2.05) is 19.1 Å². The molecule has 0 fully saturated rings. The molecule has 0 heterocycles. The first kappa shape index (κ1) is 18.6. The van der Waals surface area contributed by atoms with Gasteiger partial charge in [0.2, 0.25) is 0 Å². The van der Waals surface area contributed by atoms with E-state index in [0.29, 0.717) is 18.0 Å². The molecule has 0 saturated heterocycles. The lowest BCUT2D eigenvalue weighted by Gasteiger charge is -2.16. The van der Waals surface area contributed by atoms with Crippen LogP contribution in [0.3, 0.4) is 0 Å². The quantitative estimate of drug-likeness (QED) is 0.583. The first-order valence-corrected chi connectivity index (χ1v) is 8.44. The van der Waals surface area contributed by atoms with Crippen molar-refractivity contribution >= 4 is 17.8 Å². The molecule has 25 heavy (non-hydrogen) atoms. The highest BCUT2D eigenvalue weighted by molar-refractivity contribution is 5.86. The Kier molecular flexibility index (Phi) is 6.69. The smallest absolute Gasteiger partial charge is 0.262 e. The van der Waals surface area contributed by atoms with Gasteiger partial charge in [0.15, 0.2) is 0 Å². The van der Waals surface area contributed by atoms with E-state index in [9.17, 15) is 9.18 Å². The number of carbonyl (C=O) groups is 1. The van der Waals surface area contributed by atoms with Crippen LogP contribution in [0.4, 0.5) is 10.1 Å². The fraction of sp³-hybridized carbons (Fsp3) is 0.300. The lowest BCUT2D eigenvalue weighted by atomic mass is 10.0. The summed E-state index contributed by atoms with van der Waals surface area (Å²) in [6, 6.07) is 13.5. The molecule has 0 saturated carbocycles. The van der Waals surface area contributed by atoms with Crippen molar-refractivity contribution in [1.29, 1.82) is 0 Å². The third-order valence-corrected chi connectivity index (χ3v) is 3.90. The number of nitrogens with zero attached hydrogens (tertiary/aromatic N) is 1. The van der Waals surface area contributed by atoms with Gasteiger partial charge in [-0.05, 0) is 47.7 Å². The number of carbonyl (C=O) groups excluding carboxylic acids is 1. The molecular weight excluding hydrogens is 317 g/mol. The topological polar surface area (TPSA) is 53.5 Å². The van der Waals surface area contributed by atoms with Crippen molar-refractivity contribution in [2.24, 2.45) is 5.10 Å². The van der Waals surface area contributed by atoms with Crippen LogP contribution in [0.2, 0.25) is 0 Å². The molecule has 0 radical (unpaired) electrons. The van der Waals surface area contributed by atoms with Gasteiger partial charge in [-0.3, -0.25) is 4.79 Å². The number of hydrogen-bond acceptors (Lipinski definition) is 3. The van der Waals surface area contributed by atoms with Crippen LogP contribution in [-0.4, -0.2) is 18.2 Å². The van der Waals surface area contributed by atoms with E-state index in [2.05, 4.69) is 41.8 Å². The largest absolute Gasteiger partial charge is 0.374 e. The maximum Gasteiger partial charge on any atom is 0.262 e. The molecule has 5 heteroatoms. The van der Waals surface area contributed by atoms with Crippen LogP contribution >= 0.6 is 0 Å². The zero-order valence-electron chi connectivity index (χ0n) is 14.8. The van der Waals surface area contributed by atoms with Crippen molar-refractivity contribution in [3.05, 3.63) is 65.5 Å². The maximum absolute atomic E-state index is 12.9. The van der Waals surface area contributed by atoms with Crippen LogP contribution in [0, 0.1) is 5.82 Å². The van der Waals surface area contributed by atoms with Gasteiger partial charge < -0.3 is 5.32 Å². The van der Waals surface area contributed by atoms with E-state index >= 15 is 0 Å². The normalized spacial score (nSPS) is 12.4. The van der Waals surface area contributed by atoms with Gasteiger partial charge in [-0.15, -0.1) is 0 Å². The van der Waals surface area contributed by atoms with E-state index in [-0.39, 0.29) is 11.7 Å². The van der Waals surface area contributed by atoms with Gasteiger partial charge in [-0.25, -0.2) is 9.82 Å². The number of amides is 1. The predicted molar refractivity (Wildman–Crippen MR) is 100 cm³/mol. The fourth-order valence-corrected chi connectivity index (χ4v) is 2.32. The summed E-state index contributed by atoms with van der Waals surface area (Å²) in [7, 11) is 0. The van der Waals surface area contributed by atoms with E-state index in [0.717, 1.165) is 5.56 Å². The number of halogens is 1. The number of rotatable bonds is 7. The van der Waals surface area contributed by atoms with Gasteiger partial charge >= 0.3 is 0 Å². The Morgan fingerprint density at radius 3 is 2.32 bits per heavy atom. The van der Waals surface area contributed by atoms with Gasteiger partial charge in [0.1, 0.15) is 11.9 Å². The Labute approximate surface area is 148 Å². The van der Waals surface area contributed by atoms with E-state index in [1.165, 1.54) is 17.7 Å². The zero-order chi connectivity index (χ0) is 18.2. The van der Waals surface area contributed by atoms with Crippen molar-refractivity contribution in [2.75, 3.05) is 5.32 Å². The Morgan fingerprint density at radius 2 is 1.76 bits per heavy atom. The third-order valence-electron chi connectivity index (χ3n) is 3.90. The number of anilines is 1. The molecular formula is C20H24FN3O. The van der Waals surface area contributed by atoms with Crippen LogP contribution in [0.15, 0.2) is 53.6 Å². The zero-order valence-corrected chi connectivity index (χ0v) is 14.8. The minimum Gasteiger partial charge on any atom is -0.374 e. The standard InChI is InChI=1S/C20H24FN3O/c1-4-19(23-18-11-9-17(21)10-12-18)20(25)24-22-13-15-5-7-16(8-6-15)14(2)3/h5-14,19,23H,4H2,1-3H3,(H,24,25)/b22-13+/t19-/m1/s1. The summed E-state index contributed by atoms with van der Waals surface area (Å²) >= 11 is 0. The Hall–Kier alpha value is -2.69. The second kappa shape index (κ2) is 8.97. The summed E-state index contributed by atoms with van der Waals surface area (Å²) in [4.78, 5) is 12.2. The number of hydrogen-bond donors (Lipinski definition) is 2. The van der Waals surface area contributed by atoms with Crippen LogP contribution < -0.4 is 10.7 Å². The summed E-state index contributed by atoms with van der Waals surface area (Å²) in [5, 5.41) is 7.09. The summed E-state index contributed by atoms with van der Waals surface area (Å²) < 4.78 is 12.9. The number of hydrazone groups is 1. The summed E-state index contributed by atoms with van der Waals surface area (Å²) in [6.45, 7) is 6.18. The first-order valence-electron chi connectivity index (χ1n) is 8.44. The minimum absolute atomic E-state index is 0.234. The monoisotopic (exact) mass is 341 g/mol. The highest BCUT2D eigenvalue weighted by Gasteiger charge is 2.15. The molecule has 0 aliphatic rings. The second-order valence-electron chi connectivity index (χ2n) is 6.17. The number of benzene rings is 2. The Morgan fingerprint density at radius 1 is 1.12 bits per heavy atom. The summed E-state index contributed by atoms with van der Waals surface area (Å²) in [6.07, 6.45) is 2.20. The Bertz CT molecular complexity index is 709. The molecule has 0 aliphatic carbocycles. The van der Waals surface area contributed by atoms with Crippen molar-refractivity contribution in [3.8, 4) is 0 Å². The van der Waals surface area contributed by atoms with Crippen LogP contribution in [0.1, 0.15) is 44.2 Å². The summed E-state index contributed by atoms with van der Waals surface area (Å²) in [5.41, 5.74) is 5.42. The number of nitrogens with one attached hydrogen (secondary N) is 2. The molecule has 0 unspecified atom stereocenters. The van der Waals surface area contributed by atoms with Crippen LogP contribution in [0.5, 0.6) is 0 Å². The highest BCUT2D eigenvalue weighted by Crippen LogP contribution is 2.14. The average molecular weight is 341 g/mol. The summed E-state index contributed by atoms with van der Waals surface area (Å²) in [5.74, 6) is -0.0634. The molecule has 4 nitrogen and oxygen atoms in total. The second-order valence-corrected chi connectivity index (χ2v) is 6.17. The predicted octanol–water partition coefficient (Wildman–Crippen LogP) is 4.29. The van der Waals surface area contributed by atoms with E-state index in [4.69, 9.17) is 0 Å². The molecule has 2 rings (SSSR count). The van der Waals surface area contributed by atoms with Crippen molar-refractivity contribution in [2.45, 2.75) is 39.2 Å². The van der Waals surface area contributed by atoms with Crippen LogP contribution in [-0.2, 0) is 4.79 Å². The molecule has 0 aromatic heterocycles. The molecule has 1 amide bonds. The minimum atomic E-state index is -0.439. The molecule has 2 aromatic carbocycles. The van der Waals surface area contributed by atoms with Gasteiger partial charge in [-0.2, -0.15) is 5.10 Å². The fourth-order valence-electron chi connectivity index (χ4n) is 2.32. The highest BCUT2D eigenvalue weighted by atomic mass is 19.1. The molecule has 1 atom stereocenters. The maximum atomic E-state index is 12.9. The molecule has 0 spiro atoms. The van der Waals surface area contributed by atoms with Crippen molar-refractivity contribution in [1.82, 2.24) is 5.43 Å². The molecule has 0 bridgehead atoms. The third kappa shape index (κ3) is 5.71. The van der Waals surface area contributed by atoms with Crippen molar-refractivity contribution in [3.63, 3.8) is 0 Å². The molecule has 132 valence electrons. The van der Waals surface area contributed by atoms with Gasteiger partial charge in [-0.1, -0.05) is 45.0 Å².